The number of rotatable bonds is 5. The molecule has 1 aromatic carbocycles. The van der Waals surface area contributed by atoms with Crippen molar-refractivity contribution in [1.82, 2.24) is 4.72 Å². The Kier molecular flexibility index (Phi) is 5.08. The molecule has 2 unspecified atom stereocenters. The lowest BCUT2D eigenvalue weighted by atomic mass is 10.2. The van der Waals surface area contributed by atoms with Crippen LogP contribution in [0, 0.1) is 0 Å². The molecule has 6 nitrogen and oxygen atoms in total. The lowest BCUT2D eigenvalue weighted by Gasteiger charge is -2.16. The summed E-state index contributed by atoms with van der Waals surface area (Å²) in [6.45, 7) is 4.40. The zero-order valence-electron chi connectivity index (χ0n) is 12.2. The van der Waals surface area contributed by atoms with Crippen molar-refractivity contribution in [2.75, 3.05) is 13.2 Å². The van der Waals surface area contributed by atoms with Crippen LogP contribution in [0.2, 0.25) is 0 Å². The van der Waals surface area contributed by atoms with E-state index in [-0.39, 0.29) is 10.9 Å². The number of aliphatic hydroxyl groups excluding tert-OH is 1. The number of fused-ring (bicyclic) bond motifs is 1. The van der Waals surface area contributed by atoms with Crippen molar-refractivity contribution in [2.24, 2.45) is 0 Å². The normalized spacial score (nSPS) is 17.9. The minimum atomic E-state index is -3.65. The summed E-state index contributed by atoms with van der Waals surface area (Å²) >= 11 is 0. The molecule has 1 aromatic rings. The van der Waals surface area contributed by atoms with Gasteiger partial charge in [-0.1, -0.05) is 0 Å². The van der Waals surface area contributed by atoms with Gasteiger partial charge in [-0.15, -0.1) is 0 Å². The van der Waals surface area contributed by atoms with Crippen molar-refractivity contribution in [3.63, 3.8) is 0 Å². The third kappa shape index (κ3) is 4.33. The monoisotopic (exact) mass is 315 g/mol. The average molecular weight is 315 g/mol. The van der Waals surface area contributed by atoms with Crippen molar-refractivity contribution < 1.29 is 23.0 Å². The van der Waals surface area contributed by atoms with Crippen LogP contribution in [-0.2, 0) is 10.0 Å². The van der Waals surface area contributed by atoms with E-state index in [2.05, 4.69) is 4.72 Å². The Labute approximate surface area is 125 Å². The number of benzene rings is 1. The first-order valence-corrected chi connectivity index (χ1v) is 8.47. The van der Waals surface area contributed by atoms with Crippen LogP contribution in [-0.4, -0.2) is 38.9 Å². The molecular weight excluding hydrogens is 294 g/mol. The lowest BCUT2D eigenvalue weighted by Crippen LogP contribution is -2.34. The predicted octanol–water partition coefficient (Wildman–Crippen LogP) is 1.29. The van der Waals surface area contributed by atoms with Crippen LogP contribution in [0.5, 0.6) is 11.5 Å². The van der Waals surface area contributed by atoms with Crippen molar-refractivity contribution >= 4 is 10.0 Å². The average Bonchev–Trinajstić information content (AvgIpc) is 2.60. The summed E-state index contributed by atoms with van der Waals surface area (Å²) in [7, 11) is -3.65. The summed E-state index contributed by atoms with van der Waals surface area (Å²) in [6, 6.07) is 4.21. The van der Waals surface area contributed by atoms with E-state index in [0.29, 0.717) is 31.1 Å². The Morgan fingerprint density at radius 3 is 2.57 bits per heavy atom. The van der Waals surface area contributed by atoms with Gasteiger partial charge in [0.1, 0.15) is 0 Å². The fourth-order valence-electron chi connectivity index (χ4n) is 2.20. The molecule has 2 N–H and O–H groups in total. The van der Waals surface area contributed by atoms with Crippen LogP contribution < -0.4 is 14.2 Å². The number of aliphatic hydroxyl groups is 1. The second-order valence-electron chi connectivity index (χ2n) is 5.27. The Hall–Kier alpha value is -1.31. The van der Waals surface area contributed by atoms with E-state index in [0.717, 1.165) is 6.42 Å². The fourth-order valence-corrected chi connectivity index (χ4v) is 3.47. The first kappa shape index (κ1) is 16.1. The maximum absolute atomic E-state index is 12.3. The Bertz CT molecular complexity index is 585. The van der Waals surface area contributed by atoms with E-state index in [4.69, 9.17) is 9.47 Å². The van der Waals surface area contributed by atoms with Gasteiger partial charge in [-0.05, 0) is 32.4 Å². The van der Waals surface area contributed by atoms with Crippen molar-refractivity contribution in [2.45, 2.75) is 43.7 Å². The molecule has 1 aliphatic heterocycles. The van der Waals surface area contributed by atoms with Gasteiger partial charge in [-0.25, -0.2) is 13.1 Å². The molecule has 21 heavy (non-hydrogen) atoms. The first-order chi connectivity index (χ1) is 9.88. The highest BCUT2D eigenvalue weighted by molar-refractivity contribution is 7.89. The van der Waals surface area contributed by atoms with Crippen LogP contribution >= 0.6 is 0 Å². The van der Waals surface area contributed by atoms with E-state index in [9.17, 15) is 13.5 Å². The van der Waals surface area contributed by atoms with Gasteiger partial charge in [0.25, 0.3) is 0 Å². The van der Waals surface area contributed by atoms with Gasteiger partial charge >= 0.3 is 0 Å². The number of hydrogen-bond donors (Lipinski definition) is 2. The van der Waals surface area contributed by atoms with Gasteiger partial charge in [-0.2, -0.15) is 0 Å². The van der Waals surface area contributed by atoms with Crippen LogP contribution in [0.4, 0.5) is 0 Å². The second kappa shape index (κ2) is 6.64. The Morgan fingerprint density at radius 2 is 1.90 bits per heavy atom. The van der Waals surface area contributed by atoms with Gasteiger partial charge in [-0.3, -0.25) is 0 Å². The highest BCUT2D eigenvalue weighted by Gasteiger charge is 2.21. The molecule has 0 aromatic heterocycles. The third-order valence-corrected chi connectivity index (χ3v) is 4.67. The summed E-state index contributed by atoms with van der Waals surface area (Å²) in [5, 5.41) is 9.31. The largest absolute Gasteiger partial charge is 0.490 e. The minimum Gasteiger partial charge on any atom is -0.490 e. The fraction of sp³-hybridized carbons (Fsp3) is 0.571. The maximum atomic E-state index is 12.3. The molecule has 7 heteroatoms. The summed E-state index contributed by atoms with van der Waals surface area (Å²) in [5.74, 6) is 1.00. The molecule has 0 fully saturated rings. The van der Waals surface area contributed by atoms with Crippen molar-refractivity contribution in [3.8, 4) is 11.5 Å². The zero-order valence-corrected chi connectivity index (χ0v) is 13.0. The van der Waals surface area contributed by atoms with Gasteiger partial charge in [0.2, 0.25) is 10.0 Å². The summed E-state index contributed by atoms with van der Waals surface area (Å²) < 4.78 is 38.1. The molecule has 0 saturated heterocycles. The van der Waals surface area contributed by atoms with Crippen LogP contribution in [0.3, 0.4) is 0 Å². The Morgan fingerprint density at radius 1 is 1.24 bits per heavy atom. The van der Waals surface area contributed by atoms with Crippen LogP contribution in [0.1, 0.15) is 26.7 Å². The summed E-state index contributed by atoms with van der Waals surface area (Å²) in [4.78, 5) is 0.129. The predicted molar refractivity (Wildman–Crippen MR) is 78.1 cm³/mol. The molecule has 0 aliphatic carbocycles. The molecule has 0 saturated carbocycles. The molecule has 0 spiro atoms. The highest BCUT2D eigenvalue weighted by Crippen LogP contribution is 2.31. The van der Waals surface area contributed by atoms with Gasteiger partial charge in [0.05, 0.1) is 24.2 Å². The molecule has 1 aliphatic rings. The lowest BCUT2D eigenvalue weighted by molar-refractivity contribution is 0.175. The van der Waals surface area contributed by atoms with E-state index in [1.54, 1.807) is 19.9 Å². The van der Waals surface area contributed by atoms with Crippen molar-refractivity contribution in [3.05, 3.63) is 18.2 Å². The molecule has 0 bridgehead atoms. The molecule has 0 amide bonds. The van der Waals surface area contributed by atoms with Crippen LogP contribution in [0.25, 0.3) is 0 Å². The number of ether oxygens (including phenoxy) is 2. The van der Waals surface area contributed by atoms with E-state index in [1.165, 1.54) is 12.1 Å². The third-order valence-electron chi connectivity index (χ3n) is 3.08. The van der Waals surface area contributed by atoms with Crippen molar-refractivity contribution in [1.29, 1.82) is 0 Å². The molecule has 2 atom stereocenters. The van der Waals surface area contributed by atoms with Gasteiger partial charge in [0.15, 0.2) is 11.5 Å². The molecule has 1 heterocycles. The molecular formula is C14H21NO5S. The zero-order chi connectivity index (χ0) is 15.5. The SMILES string of the molecule is CC(O)CC(C)NS(=O)(=O)c1ccc2c(c1)OCCCO2. The van der Waals surface area contributed by atoms with Gasteiger partial charge in [0, 0.05) is 18.5 Å². The quantitative estimate of drug-likeness (QED) is 0.855. The van der Waals surface area contributed by atoms with Crippen LogP contribution in [0.15, 0.2) is 23.1 Å². The summed E-state index contributed by atoms with van der Waals surface area (Å²) in [6.07, 6.45) is 0.552. The first-order valence-electron chi connectivity index (χ1n) is 6.98. The topological polar surface area (TPSA) is 84.9 Å². The van der Waals surface area contributed by atoms with Gasteiger partial charge < -0.3 is 14.6 Å². The molecule has 0 radical (unpaired) electrons. The van der Waals surface area contributed by atoms with E-state index < -0.39 is 16.1 Å². The minimum absolute atomic E-state index is 0.129. The molecule has 2 rings (SSSR count). The number of sulfonamides is 1. The van der Waals surface area contributed by atoms with E-state index >= 15 is 0 Å². The Balaban J connectivity index is 2.18. The van der Waals surface area contributed by atoms with E-state index in [1.807, 2.05) is 0 Å². The second-order valence-corrected chi connectivity index (χ2v) is 6.98. The standard InChI is InChI=1S/C14H21NO5S/c1-10(8-11(2)16)15-21(17,18)12-4-5-13-14(9-12)20-7-3-6-19-13/h4-5,9-11,15-16H,3,6-8H2,1-2H3. The number of hydrogen-bond acceptors (Lipinski definition) is 5. The number of nitrogens with one attached hydrogen (secondary N) is 1. The summed E-state index contributed by atoms with van der Waals surface area (Å²) in [5.41, 5.74) is 0. The molecule has 118 valence electrons. The maximum Gasteiger partial charge on any atom is 0.240 e. The highest BCUT2D eigenvalue weighted by atomic mass is 32.2. The smallest absolute Gasteiger partial charge is 0.240 e.